The van der Waals surface area contributed by atoms with Gasteiger partial charge in [0.25, 0.3) is 0 Å². The minimum atomic E-state index is -4.94. The van der Waals surface area contributed by atoms with Crippen LogP contribution in [0.3, 0.4) is 0 Å². The highest BCUT2D eigenvalue weighted by Gasteiger charge is 2.30. The second-order valence-electron chi connectivity index (χ2n) is 24.3. The van der Waals surface area contributed by atoms with E-state index in [-0.39, 0.29) is 25.7 Å². The standard InChI is InChI=1S/C66H128O17P2/c1-6-9-12-15-17-19-20-21-22-23-24-25-26-27-28-32-37-42-47-52-66(71)83-62(56-77-64(69)50-45-40-35-33-29-31-34-39-43-48-59(4)5)58-81-85(74,75)79-54-60(67)53-78-84(72,73)80-57-61(55-76-63(68)49-44-38-14-11-8-3)82-65(70)51-46-41-36-30-18-16-13-10-7-2/h59-62,67H,6-58H2,1-5H3,(H,72,73)(H,74,75)/t60-,61+,62+/m0/s1. The molecule has 0 heterocycles. The molecule has 0 amide bonds. The third-order valence-electron chi connectivity index (χ3n) is 15.3. The first-order valence-electron chi connectivity index (χ1n) is 34.6. The molecule has 0 rings (SSSR count). The van der Waals surface area contributed by atoms with Crippen molar-refractivity contribution in [2.45, 2.75) is 355 Å². The summed E-state index contributed by atoms with van der Waals surface area (Å²) in [5.74, 6) is -1.40. The van der Waals surface area contributed by atoms with E-state index in [0.29, 0.717) is 25.7 Å². The van der Waals surface area contributed by atoms with E-state index in [1.165, 1.54) is 154 Å². The van der Waals surface area contributed by atoms with Crippen LogP contribution in [0.1, 0.15) is 336 Å². The zero-order valence-electron chi connectivity index (χ0n) is 54.7. The third kappa shape index (κ3) is 60.7. The van der Waals surface area contributed by atoms with Gasteiger partial charge in [0.05, 0.1) is 26.4 Å². The van der Waals surface area contributed by atoms with E-state index < -0.39 is 97.5 Å². The zero-order valence-corrected chi connectivity index (χ0v) is 56.5. The van der Waals surface area contributed by atoms with Crippen molar-refractivity contribution in [2.75, 3.05) is 39.6 Å². The second-order valence-corrected chi connectivity index (χ2v) is 27.2. The highest BCUT2D eigenvalue weighted by atomic mass is 31.2. The maximum absolute atomic E-state index is 13.0. The Morgan fingerprint density at radius 3 is 0.800 bits per heavy atom. The van der Waals surface area contributed by atoms with Crippen LogP contribution < -0.4 is 0 Å². The highest BCUT2D eigenvalue weighted by molar-refractivity contribution is 7.47. The Morgan fingerprint density at radius 1 is 0.318 bits per heavy atom. The van der Waals surface area contributed by atoms with Crippen molar-refractivity contribution in [2.24, 2.45) is 5.92 Å². The lowest BCUT2D eigenvalue weighted by molar-refractivity contribution is -0.161. The average Bonchev–Trinajstić information content (AvgIpc) is 3.48. The van der Waals surface area contributed by atoms with Crippen LogP contribution in [0.4, 0.5) is 0 Å². The van der Waals surface area contributed by atoms with E-state index in [9.17, 15) is 43.2 Å². The number of hydrogen-bond acceptors (Lipinski definition) is 15. The SMILES string of the molecule is CCCCCCCCCCCCCCCCCCCCCC(=O)O[C@H](COC(=O)CCCCCCCCCCCC(C)C)COP(=O)(O)OC[C@@H](O)COP(=O)(O)OC[C@@H](COC(=O)CCCCCCC)OC(=O)CCCCCCCCCCC. The maximum Gasteiger partial charge on any atom is 0.472 e. The molecule has 19 heteroatoms. The van der Waals surface area contributed by atoms with Crippen molar-refractivity contribution in [3.05, 3.63) is 0 Å². The molecule has 0 fully saturated rings. The molecule has 17 nitrogen and oxygen atoms in total. The van der Waals surface area contributed by atoms with Crippen molar-refractivity contribution in [1.82, 2.24) is 0 Å². The molecule has 0 aliphatic carbocycles. The van der Waals surface area contributed by atoms with Crippen LogP contribution in [-0.4, -0.2) is 96.7 Å². The lowest BCUT2D eigenvalue weighted by Gasteiger charge is -2.21. The molecule has 0 saturated carbocycles. The molecule has 504 valence electrons. The number of phosphoric acid groups is 2. The molecule has 0 aromatic rings. The van der Waals surface area contributed by atoms with Crippen LogP contribution in [0.2, 0.25) is 0 Å². The second kappa shape index (κ2) is 59.7. The van der Waals surface area contributed by atoms with Crippen molar-refractivity contribution in [3.63, 3.8) is 0 Å². The fourth-order valence-corrected chi connectivity index (χ4v) is 11.5. The fourth-order valence-electron chi connectivity index (χ4n) is 9.94. The number of aliphatic hydroxyl groups is 1. The van der Waals surface area contributed by atoms with Crippen molar-refractivity contribution in [1.29, 1.82) is 0 Å². The third-order valence-corrected chi connectivity index (χ3v) is 17.2. The lowest BCUT2D eigenvalue weighted by Crippen LogP contribution is -2.30. The number of unbranched alkanes of at least 4 members (excludes halogenated alkanes) is 38. The van der Waals surface area contributed by atoms with Gasteiger partial charge in [0.15, 0.2) is 12.2 Å². The Labute approximate surface area is 517 Å². The molecule has 0 bridgehead atoms. The lowest BCUT2D eigenvalue weighted by atomic mass is 10.0. The number of esters is 4. The molecular weight excluding hydrogens is 1130 g/mol. The summed E-state index contributed by atoms with van der Waals surface area (Å²) in [4.78, 5) is 72.0. The molecule has 85 heavy (non-hydrogen) atoms. The van der Waals surface area contributed by atoms with E-state index in [0.717, 1.165) is 102 Å². The minimum Gasteiger partial charge on any atom is -0.462 e. The smallest absolute Gasteiger partial charge is 0.462 e. The van der Waals surface area contributed by atoms with Gasteiger partial charge in [-0.2, -0.15) is 0 Å². The van der Waals surface area contributed by atoms with E-state index >= 15 is 0 Å². The molecule has 0 spiro atoms. The summed E-state index contributed by atoms with van der Waals surface area (Å²) in [6, 6.07) is 0. The predicted molar refractivity (Wildman–Crippen MR) is 340 cm³/mol. The molecule has 0 aromatic carbocycles. The van der Waals surface area contributed by atoms with Gasteiger partial charge < -0.3 is 33.8 Å². The first kappa shape index (κ1) is 83.1. The summed E-state index contributed by atoms with van der Waals surface area (Å²) in [6.45, 7) is 7.09. The van der Waals surface area contributed by atoms with E-state index in [1.54, 1.807) is 0 Å². The summed E-state index contributed by atoms with van der Waals surface area (Å²) in [5, 5.41) is 10.5. The minimum absolute atomic E-state index is 0.105. The van der Waals surface area contributed by atoms with E-state index in [2.05, 4.69) is 34.6 Å². The molecule has 5 atom stereocenters. The topological polar surface area (TPSA) is 237 Å². The summed E-state index contributed by atoms with van der Waals surface area (Å²) < 4.78 is 67.8. The van der Waals surface area contributed by atoms with Crippen molar-refractivity contribution >= 4 is 39.5 Å². The molecule has 0 saturated heterocycles. The number of ether oxygens (including phenoxy) is 4. The van der Waals surface area contributed by atoms with Gasteiger partial charge in [-0.15, -0.1) is 0 Å². The quantitative estimate of drug-likeness (QED) is 0.0222. The Hall–Kier alpha value is -1.94. The number of carbonyl (C=O) groups excluding carboxylic acids is 4. The van der Waals surface area contributed by atoms with Crippen LogP contribution in [-0.2, 0) is 65.4 Å². The summed E-state index contributed by atoms with van der Waals surface area (Å²) in [5.41, 5.74) is 0. The Kier molecular flexibility index (Phi) is 58.3. The number of aliphatic hydroxyl groups excluding tert-OH is 1. The average molecular weight is 1260 g/mol. The largest absolute Gasteiger partial charge is 0.472 e. The van der Waals surface area contributed by atoms with Gasteiger partial charge in [-0.3, -0.25) is 37.3 Å². The predicted octanol–water partition coefficient (Wildman–Crippen LogP) is 18.6. The Bertz CT molecular complexity index is 1650. The normalized spacial score (nSPS) is 14.2. The van der Waals surface area contributed by atoms with Crippen molar-refractivity contribution < 1.29 is 80.2 Å². The molecule has 0 aromatic heterocycles. The first-order chi connectivity index (χ1) is 41.0. The monoisotopic (exact) mass is 1250 g/mol. The fraction of sp³-hybridized carbons (Fsp3) is 0.939. The molecular formula is C66H128O17P2. The van der Waals surface area contributed by atoms with Gasteiger partial charge in [0, 0.05) is 25.7 Å². The Morgan fingerprint density at radius 2 is 0.541 bits per heavy atom. The number of hydrogen-bond donors (Lipinski definition) is 3. The molecule has 3 N–H and O–H groups in total. The summed E-state index contributed by atoms with van der Waals surface area (Å²) >= 11 is 0. The molecule has 0 aliphatic rings. The molecule has 2 unspecified atom stereocenters. The van der Waals surface area contributed by atoms with Crippen LogP contribution >= 0.6 is 15.6 Å². The van der Waals surface area contributed by atoms with E-state index in [4.69, 9.17) is 37.0 Å². The van der Waals surface area contributed by atoms with Crippen LogP contribution in [0.5, 0.6) is 0 Å². The van der Waals surface area contributed by atoms with Gasteiger partial charge in [0.1, 0.15) is 19.3 Å². The van der Waals surface area contributed by atoms with E-state index in [1.807, 2.05) is 0 Å². The van der Waals surface area contributed by atoms with Gasteiger partial charge in [-0.25, -0.2) is 9.13 Å². The van der Waals surface area contributed by atoms with Gasteiger partial charge in [0.2, 0.25) is 0 Å². The summed E-state index contributed by atoms with van der Waals surface area (Å²) in [7, 11) is -9.88. The van der Waals surface area contributed by atoms with Gasteiger partial charge in [-0.05, 0) is 31.6 Å². The first-order valence-corrected chi connectivity index (χ1v) is 37.6. The summed E-state index contributed by atoms with van der Waals surface area (Å²) in [6.07, 6.45) is 44.9. The maximum atomic E-state index is 13.0. The van der Waals surface area contributed by atoms with Crippen LogP contribution in [0.15, 0.2) is 0 Å². The number of phosphoric ester groups is 2. The van der Waals surface area contributed by atoms with Crippen LogP contribution in [0.25, 0.3) is 0 Å². The number of rotatable bonds is 66. The van der Waals surface area contributed by atoms with Crippen molar-refractivity contribution in [3.8, 4) is 0 Å². The zero-order chi connectivity index (χ0) is 62.8. The Balaban J connectivity index is 5.12. The van der Waals surface area contributed by atoms with Gasteiger partial charge in [-0.1, -0.05) is 285 Å². The molecule has 0 radical (unpaired) electrons. The molecule has 0 aliphatic heterocycles. The van der Waals surface area contributed by atoms with Gasteiger partial charge >= 0.3 is 39.5 Å². The number of carbonyl (C=O) groups is 4. The highest BCUT2D eigenvalue weighted by Crippen LogP contribution is 2.45. The van der Waals surface area contributed by atoms with Crippen LogP contribution in [0, 0.1) is 5.92 Å².